The first kappa shape index (κ1) is 13.4. The van der Waals surface area contributed by atoms with Gasteiger partial charge >= 0.3 is 0 Å². The topological polar surface area (TPSA) is 32.3 Å². The number of rotatable bonds is 1. The van der Waals surface area contributed by atoms with Gasteiger partial charge in [-0.15, -0.1) is 0 Å². The summed E-state index contributed by atoms with van der Waals surface area (Å²) in [5, 5.41) is 4.10. The quantitative estimate of drug-likeness (QED) is 0.848. The van der Waals surface area contributed by atoms with Gasteiger partial charge < -0.3 is 10.2 Å². The van der Waals surface area contributed by atoms with E-state index in [4.69, 9.17) is 11.6 Å². The predicted molar refractivity (Wildman–Crippen MR) is 75.2 cm³/mol. The zero-order chi connectivity index (χ0) is 13.3. The molecule has 18 heavy (non-hydrogen) atoms. The summed E-state index contributed by atoms with van der Waals surface area (Å²) in [6.45, 7) is 7.62. The molecule has 0 spiro atoms. The Kier molecular flexibility index (Phi) is 3.64. The van der Waals surface area contributed by atoms with Crippen LogP contribution in [-0.2, 0) is 4.79 Å². The number of carbonyl (C=O) groups excluding carboxylic acids is 1. The second kappa shape index (κ2) is 4.90. The number of amides is 1. The lowest BCUT2D eigenvalue weighted by molar-refractivity contribution is -0.118. The summed E-state index contributed by atoms with van der Waals surface area (Å²) in [6.07, 6.45) is 0.533. The Morgan fingerprint density at radius 2 is 2.11 bits per heavy atom. The van der Waals surface area contributed by atoms with Crippen molar-refractivity contribution in [1.29, 1.82) is 0 Å². The fraction of sp³-hybridized carbons (Fsp3) is 0.500. The minimum absolute atomic E-state index is 0.0712. The third-order valence-corrected chi connectivity index (χ3v) is 3.48. The summed E-state index contributed by atoms with van der Waals surface area (Å²) >= 11 is 5.96. The van der Waals surface area contributed by atoms with E-state index in [0.717, 1.165) is 17.8 Å². The lowest BCUT2D eigenvalue weighted by atomic mass is 10.0. The summed E-state index contributed by atoms with van der Waals surface area (Å²) in [7, 11) is 0. The Bertz CT molecular complexity index is 471. The molecule has 3 nitrogen and oxygen atoms in total. The molecule has 0 bridgehead atoms. The zero-order valence-electron chi connectivity index (χ0n) is 11.1. The summed E-state index contributed by atoms with van der Waals surface area (Å²) in [4.78, 5) is 14.1. The molecule has 1 saturated heterocycles. The van der Waals surface area contributed by atoms with Gasteiger partial charge in [0, 0.05) is 35.8 Å². The number of nitrogens with one attached hydrogen (secondary N) is 1. The second-order valence-corrected chi connectivity index (χ2v) is 5.91. The fourth-order valence-electron chi connectivity index (χ4n) is 2.32. The Balaban J connectivity index is 2.37. The highest BCUT2D eigenvalue weighted by Crippen LogP contribution is 2.26. The van der Waals surface area contributed by atoms with Crippen molar-refractivity contribution in [2.24, 2.45) is 0 Å². The van der Waals surface area contributed by atoms with Crippen LogP contribution in [0, 0.1) is 6.92 Å². The number of nitrogens with zero attached hydrogens (tertiary/aromatic N) is 1. The Morgan fingerprint density at radius 1 is 1.39 bits per heavy atom. The summed E-state index contributed by atoms with van der Waals surface area (Å²) < 4.78 is 0. The third-order valence-electron chi connectivity index (χ3n) is 3.25. The zero-order valence-corrected chi connectivity index (χ0v) is 11.8. The first-order valence-electron chi connectivity index (χ1n) is 6.21. The van der Waals surface area contributed by atoms with Crippen LogP contribution in [0.1, 0.15) is 25.8 Å². The van der Waals surface area contributed by atoms with Gasteiger partial charge in [-0.2, -0.15) is 0 Å². The minimum Gasteiger partial charge on any atom is -0.310 e. The van der Waals surface area contributed by atoms with Crippen molar-refractivity contribution in [2.45, 2.75) is 32.7 Å². The standard InChI is InChI=1S/C14H19ClN2O/c1-10-8-11(15)4-5-12(10)17-9-14(2,3)16-7-6-13(17)18/h4-5,8,16H,6-7,9H2,1-3H3. The molecular weight excluding hydrogens is 248 g/mol. The summed E-state index contributed by atoms with van der Waals surface area (Å²) in [5.74, 6) is 0.165. The molecule has 0 saturated carbocycles. The van der Waals surface area contributed by atoms with Crippen LogP contribution in [0.15, 0.2) is 18.2 Å². The lowest BCUT2D eigenvalue weighted by Crippen LogP contribution is -2.47. The van der Waals surface area contributed by atoms with E-state index >= 15 is 0 Å². The van der Waals surface area contributed by atoms with Crippen molar-refractivity contribution >= 4 is 23.2 Å². The molecule has 0 aliphatic carbocycles. The summed E-state index contributed by atoms with van der Waals surface area (Å²) in [6, 6.07) is 5.66. The molecule has 1 amide bonds. The highest BCUT2D eigenvalue weighted by atomic mass is 35.5. The lowest BCUT2D eigenvalue weighted by Gasteiger charge is -2.31. The highest BCUT2D eigenvalue weighted by molar-refractivity contribution is 6.30. The SMILES string of the molecule is Cc1cc(Cl)ccc1N1CC(C)(C)NCCC1=O. The van der Waals surface area contributed by atoms with E-state index in [1.807, 2.05) is 30.0 Å². The molecule has 2 rings (SSSR count). The monoisotopic (exact) mass is 266 g/mol. The van der Waals surface area contributed by atoms with Gasteiger partial charge in [-0.05, 0) is 44.5 Å². The van der Waals surface area contributed by atoms with E-state index in [1.54, 1.807) is 0 Å². The largest absolute Gasteiger partial charge is 0.310 e. The number of benzene rings is 1. The first-order chi connectivity index (χ1) is 8.39. The molecule has 1 aliphatic rings. The maximum Gasteiger partial charge on any atom is 0.228 e. The molecule has 0 atom stereocenters. The van der Waals surface area contributed by atoms with Crippen molar-refractivity contribution in [3.8, 4) is 0 Å². The van der Waals surface area contributed by atoms with Crippen LogP contribution in [0.25, 0.3) is 0 Å². The maximum atomic E-state index is 12.2. The highest BCUT2D eigenvalue weighted by Gasteiger charge is 2.29. The van der Waals surface area contributed by atoms with Gasteiger partial charge in [0.25, 0.3) is 0 Å². The van der Waals surface area contributed by atoms with Gasteiger partial charge in [0.15, 0.2) is 0 Å². The number of hydrogen-bond acceptors (Lipinski definition) is 2. The number of carbonyl (C=O) groups is 1. The Morgan fingerprint density at radius 3 is 2.78 bits per heavy atom. The van der Waals surface area contributed by atoms with E-state index in [2.05, 4.69) is 19.2 Å². The van der Waals surface area contributed by atoms with Crippen LogP contribution >= 0.6 is 11.6 Å². The average Bonchev–Trinajstić information content (AvgIpc) is 2.38. The second-order valence-electron chi connectivity index (χ2n) is 5.47. The molecular formula is C14H19ClN2O. The molecule has 1 aliphatic heterocycles. The molecule has 0 unspecified atom stereocenters. The van der Waals surface area contributed by atoms with Gasteiger partial charge in [0.1, 0.15) is 0 Å². The smallest absolute Gasteiger partial charge is 0.228 e. The summed E-state index contributed by atoms with van der Waals surface area (Å²) in [5.41, 5.74) is 1.92. The molecule has 1 fully saturated rings. The number of aryl methyl sites for hydroxylation is 1. The third kappa shape index (κ3) is 2.85. The van der Waals surface area contributed by atoms with Crippen molar-refractivity contribution in [3.63, 3.8) is 0 Å². The van der Waals surface area contributed by atoms with Gasteiger partial charge in [0.05, 0.1) is 0 Å². The van der Waals surface area contributed by atoms with E-state index in [9.17, 15) is 4.79 Å². The van der Waals surface area contributed by atoms with Crippen LogP contribution in [0.4, 0.5) is 5.69 Å². The Labute approximate surface area is 113 Å². The minimum atomic E-state index is -0.0712. The molecule has 98 valence electrons. The molecule has 1 aromatic rings. The van der Waals surface area contributed by atoms with Gasteiger partial charge in [-0.25, -0.2) is 0 Å². The molecule has 4 heteroatoms. The van der Waals surface area contributed by atoms with Crippen LogP contribution in [0.2, 0.25) is 5.02 Å². The maximum absolute atomic E-state index is 12.2. The van der Waals surface area contributed by atoms with Crippen molar-refractivity contribution in [3.05, 3.63) is 28.8 Å². The molecule has 1 aromatic carbocycles. The van der Waals surface area contributed by atoms with E-state index in [1.165, 1.54) is 0 Å². The Hall–Kier alpha value is -1.06. The van der Waals surface area contributed by atoms with Crippen molar-refractivity contribution in [1.82, 2.24) is 5.32 Å². The predicted octanol–water partition coefficient (Wildman–Crippen LogP) is 2.75. The molecule has 1 heterocycles. The normalized spacial score (nSPS) is 19.8. The fourth-order valence-corrected chi connectivity index (χ4v) is 2.55. The van der Waals surface area contributed by atoms with Crippen LogP contribution in [0.3, 0.4) is 0 Å². The van der Waals surface area contributed by atoms with E-state index < -0.39 is 0 Å². The van der Waals surface area contributed by atoms with E-state index in [0.29, 0.717) is 18.0 Å². The van der Waals surface area contributed by atoms with E-state index in [-0.39, 0.29) is 11.4 Å². The van der Waals surface area contributed by atoms with Gasteiger partial charge in [0.2, 0.25) is 5.91 Å². The first-order valence-corrected chi connectivity index (χ1v) is 6.58. The average molecular weight is 267 g/mol. The number of halogens is 1. The van der Waals surface area contributed by atoms with Crippen LogP contribution in [-0.4, -0.2) is 24.5 Å². The van der Waals surface area contributed by atoms with Gasteiger partial charge in [-0.3, -0.25) is 4.79 Å². The van der Waals surface area contributed by atoms with Crippen LogP contribution < -0.4 is 10.2 Å². The molecule has 0 aromatic heterocycles. The van der Waals surface area contributed by atoms with Crippen molar-refractivity contribution in [2.75, 3.05) is 18.0 Å². The number of anilines is 1. The molecule has 1 N–H and O–H groups in total. The van der Waals surface area contributed by atoms with Gasteiger partial charge in [-0.1, -0.05) is 11.6 Å². The van der Waals surface area contributed by atoms with Crippen molar-refractivity contribution < 1.29 is 4.79 Å². The van der Waals surface area contributed by atoms with Crippen LogP contribution in [0.5, 0.6) is 0 Å². The molecule has 0 radical (unpaired) electrons. The number of hydrogen-bond donors (Lipinski definition) is 1.